The second kappa shape index (κ2) is 7.05. The summed E-state index contributed by atoms with van der Waals surface area (Å²) >= 11 is 5.91. The Morgan fingerprint density at radius 3 is 2.54 bits per heavy atom. The zero-order valence-corrected chi connectivity index (χ0v) is 13.9. The maximum atomic E-state index is 12.3. The highest BCUT2D eigenvalue weighted by molar-refractivity contribution is 6.30. The van der Waals surface area contributed by atoms with Gasteiger partial charge in [-0.25, -0.2) is 4.79 Å². The van der Waals surface area contributed by atoms with Crippen molar-refractivity contribution in [1.82, 2.24) is 4.90 Å². The second-order valence-electron chi connectivity index (χ2n) is 5.99. The molecular formula is C19H18ClNO3. The highest BCUT2D eigenvalue weighted by atomic mass is 35.5. The Balaban J connectivity index is 1.65. The molecule has 2 aromatic rings. The fourth-order valence-electron chi connectivity index (χ4n) is 2.98. The molecule has 24 heavy (non-hydrogen) atoms. The molecule has 0 aliphatic carbocycles. The van der Waals surface area contributed by atoms with Crippen LogP contribution in [-0.2, 0) is 21.6 Å². The summed E-state index contributed by atoms with van der Waals surface area (Å²) in [7, 11) is 0. The van der Waals surface area contributed by atoms with Gasteiger partial charge in [0.05, 0.1) is 5.41 Å². The first-order valence-electron chi connectivity index (χ1n) is 7.81. The first kappa shape index (κ1) is 16.5. The molecule has 1 fully saturated rings. The minimum atomic E-state index is -0.684. The van der Waals surface area contributed by atoms with Crippen LogP contribution in [0.4, 0.5) is 4.79 Å². The van der Waals surface area contributed by atoms with Gasteiger partial charge in [-0.3, -0.25) is 0 Å². The van der Waals surface area contributed by atoms with Gasteiger partial charge in [-0.2, -0.15) is 0 Å². The van der Waals surface area contributed by atoms with Crippen molar-refractivity contribution in [2.75, 3.05) is 13.1 Å². The summed E-state index contributed by atoms with van der Waals surface area (Å²) in [6, 6.07) is 16.7. The number of carbonyl (C=O) groups excluding carboxylic acids is 2. The van der Waals surface area contributed by atoms with Gasteiger partial charge >= 0.3 is 6.09 Å². The van der Waals surface area contributed by atoms with Crippen LogP contribution in [0.5, 0.6) is 0 Å². The van der Waals surface area contributed by atoms with E-state index < -0.39 is 11.5 Å². The number of carbonyl (C=O) groups is 2. The normalized spacial score (nSPS) is 20.0. The van der Waals surface area contributed by atoms with Crippen molar-refractivity contribution in [3.05, 3.63) is 70.7 Å². The van der Waals surface area contributed by atoms with Gasteiger partial charge in [-0.05, 0) is 29.7 Å². The van der Waals surface area contributed by atoms with Crippen molar-refractivity contribution in [2.24, 2.45) is 0 Å². The predicted molar refractivity (Wildman–Crippen MR) is 92.0 cm³/mol. The smallest absolute Gasteiger partial charge is 0.410 e. The van der Waals surface area contributed by atoms with Crippen LogP contribution in [-0.4, -0.2) is 30.4 Å². The lowest BCUT2D eigenvalue weighted by atomic mass is 9.81. The molecule has 0 radical (unpaired) electrons. The molecule has 1 atom stereocenters. The zero-order chi connectivity index (χ0) is 17.0. The third-order valence-electron chi connectivity index (χ3n) is 4.41. The number of aldehydes is 1. The maximum Gasteiger partial charge on any atom is 0.410 e. The summed E-state index contributed by atoms with van der Waals surface area (Å²) in [6.07, 6.45) is 1.12. The van der Waals surface area contributed by atoms with Crippen LogP contribution in [0.15, 0.2) is 54.6 Å². The van der Waals surface area contributed by atoms with Gasteiger partial charge in [-0.15, -0.1) is 0 Å². The third kappa shape index (κ3) is 3.44. The van der Waals surface area contributed by atoms with E-state index in [0.29, 0.717) is 24.5 Å². The molecule has 1 unspecified atom stereocenters. The number of ether oxygens (including phenoxy) is 1. The molecule has 1 saturated heterocycles. The summed E-state index contributed by atoms with van der Waals surface area (Å²) in [5.41, 5.74) is 1.13. The molecule has 0 aromatic heterocycles. The maximum absolute atomic E-state index is 12.3. The van der Waals surface area contributed by atoms with E-state index in [9.17, 15) is 9.59 Å². The highest BCUT2D eigenvalue weighted by Crippen LogP contribution is 2.33. The molecule has 1 amide bonds. The zero-order valence-electron chi connectivity index (χ0n) is 13.2. The first-order valence-corrected chi connectivity index (χ1v) is 8.19. The average Bonchev–Trinajstić information content (AvgIpc) is 3.07. The topological polar surface area (TPSA) is 46.6 Å². The Labute approximate surface area is 146 Å². The minimum absolute atomic E-state index is 0.227. The highest BCUT2D eigenvalue weighted by Gasteiger charge is 2.41. The molecule has 4 nitrogen and oxygen atoms in total. The number of hydrogen-bond acceptors (Lipinski definition) is 3. The van der Waals surface area contributed by atoms with Crippen molar-refractivity contribution in [1.29, 1.82) is 0 Å². The van der Waals surface area contributed by atoms with E-state index in [2.05, 4.69) is 0 Å². The number of amides is 1. The summed E-state index contributed by atoms with van der Waals surface area (Å²) in [6.45, 7) is 1.05. The molecule has 1 aliphatic rings. The number of likely N-dealkylation sites (tertiary alicyclic amines) is 1. The standard InChI is InChI=1S/C19H18ClNO3/c20-17-8-6-16(7-9-17)19(14-22)10-11-21(13-19)18(23)24-12-15-4-2-1-3-5-15/h1-9,14H,10-13H2. The van der Waals surface area contributed by atoms with Crippen LogP contribution >= 0.6 is 11.6 Å². The van der Waals surface area contributed by atoms with Gasteiger partial charge in [0.15, 0.2) is 0 Å². The lowest BCUT2D eigenvalue weighted by Crippen LogP contribution is -2.35. The van der Waals surface area contributed by atoms with Crippen LogP contribution in [0.25, 0.3) is 0 Å². The Bertz CT molecular complexity index is 717. The van der Waals surface area contributed by atoms with Gasteiger partial charge in [0.1, 0.15) is 12.9 Å². The van der Waals surface area contributed by atoms with Crippen LogP contribution in [0.2, 0.25) is 5.02 Å². The van der Waals surface area contributed by atoms with Crippen molar-refractivity contribution < 1.29 is 14.3 Å². The Morgan fingerprint density at radius 2 is 1.88 bits per heavy atom. The van der Waals surface area contributed by atoms with Gasteiger partial charge < -0.3 is 14.4 Å². The lowest BCUT2D eigenvalue weighted by molar-refractivity contribution is -0.112. The number of benzene rings is 2. The molecular weight excluding hydrogens is 326 g/mol. The van der Waals surface area contributed by atoms with Gasteiger partial charge in [-0.1, -0.05) is 54.1 Å². The molecule has 3 rings (SSSR count). The van der Waals surface area contributed by atoms with E-state index in [1.54, 1.807) is 17.0 Å². The van der Waals surface area contributed by atoms with E-state index in [1.165, 1.54) is 0 Å². The fraction of sp³-hybridized carbons (Fsp3) is 0.263. The van der Waals surface area contributed by atoms with E-state index in [1.807, 2.05) is 42.5 Å². The van der Waals surface area contributed by atoms with Crippen LogP contribution < -0.4 is 0 Å². The lowest BCUT2D eigenvalue weighted by Gasteiger charge is -2.23. The summed E-state index contributed by atoms with van der Waals surface area (Å²) in [4.78, 5) is 25.6. The van der Waals surface area contributed by atoms with Crippen LogP contribution in [0.1, 0.15) is 17.5 Å². The summed E-state index contributed by atoms with van der Waals surface area (Å²) in [5, 5.41) is 0.622. The van der Waals surface area contributed by atoms with Crippen molar-refractivity contribution in [2.45, 2.75) is 18.4 Å². The molecule has 2 aromatic carbocycles. The van der Waals surface area contributed by atoms with Gasteiger partial charge in [0, 0.05) is 18.1 Å². The van der Waals surface area contributed by atoms with Crippen LogP contribution in [0, 0.1) is 0 Å². The number of rotatable bonds is 4. The molecule has 5 heteroatoms. The molecule has 0 N–H and O–H groups in total. The second-order valence-corrected chi connectivity index (χ2v) is 6.43. The molecule has 124 valence electrons. The summed E-state index contributed by atoms with van der Waals surface area (Å²) in [5.74, 6) is 0. The third-order valence-corrected chi connectivity index (χ3v) is 4.66. The van der Waals surface area contributed by atoms with E-state index >= 15 is 0 Å². The summed E-state index contributed by atoms with van der Waals surface area (Å²) < 4.78 is 5.35. The quantitative estimate of drug-likeness (QED) is 0.793. The number of nitrogens with zero attached hydrogens (tertiary/aromatic N) is 1. The predicted octanol–water partition coefficient (Wildman–Crippen LogP) is 3.82. The SMILES string of the molecule is O=CC1(c2ccc(Cl)cc2)CCN(C(=O)OCc2ccccc2)C1. The average molecular weight is 344 g/mol. The molecule has 1 aliphatic heterocycles. The molecule has 0 bridgehead atoms. The Morgan fingerprint density at radius 1 is 1.17 bits per heavy atom. The largest absolute Gasteiger partial charge is 0.445 e. The Kier molecular flexibility index (Phi) is 4.86. The van der Waals surface area contributed by atoms with E-state index in [-0.39, 0.29) is 6.61 Å². The molecule has 0 spiro atoms. The number of halogens is 1. The molecule has 0 saturated carbocycles. The van der Waals surface area contributed by atoms with Gasteiger partial charge in [0.2, 0.25) is 0 Å². The first-order chi connectivity index (χ1) is 11.6. The fourth-order valence-corrected chi connectivity index (χ4v) is 3.11. The Hall–Kier alpha value is -2.33. The van der Waals surface area contributed by atoms with Crippen molar-refractivity contribution in [3.8, 4) is 0 Å². The number of hydrogen-bond donors (Lipinski definition) is 0. The van der Waals surface area contributed by atoms with Gasteiger partial charge in [0.25, 0.3) is 0 Å². The van der Waals surface area contributed by atoms with E-state index in [0.717, 1.165) is 17.4 Å². The monoisotopic (exact) mass is 343 g/mol. The molecule has 1 heterocycles. The minimum Gasteiger partial charge on any atom is -0.445 e. The van der Waals surface area contributed by atoms with E-state index in [4.69, 9.17) is 16.3 Å². The van der Waals surface area contributed by atoms with Crippen molar-refractivity contribution in [3.63, 3.8) is 0 Å². The van der Waals surface area contributed by atoms with Crippen LogP contribution in [0.3, 0.4) is 0 Å². The van der Waals surface area contributed by atoms with Crippen molar-refractivity contribution >= 4 is 24.0 Å².